The van der Waals surface area contributed by atoms with Crippen molar-refractivity contribution in [1.82, 2.24) is 10.2 Å². The minimum atomic E-state index is -0.863. The molecule has 1 aliphatic heterocycles. The van der Waals surface area contributed by atoms with Crippen LogP contribution in [-0.2, 0) is 11.3 Å². The molecule has 2 aromatic carbocycles. The van der Waals surface area contributed by atoms with Crippen molar-refractivity contribution >= 4 is 11.8 Å². The maximum absolute atomic E-state index is 13.8. The van der Waals surface area contributed by atoms with E-state index >= 15 is 0 Å². The van der Waals surface area contributed by atoms with E-state index in [1.165, 1.54) is 10.5 Å². The van der Waals surface area contributed by atoms with Gasteiger partial charge in [0.25, 0.3) is 5.91 Å². The van der Waals surface area contributed by atoms with Gasteiger partial charge < -0.3 is 10.2 Å². The van der Waals surface area contributed by atoms with Crippen LogP contribution in [0, 0.1) is 24.5 Å². The molecule has 142 valence electrons. The van der Waals surface area contributed by atoms with Gasteiger partial charge in [-0.1, -0.05) is 29.8 Å². The molecule has 0 bridgehead atoms. The number of carbonyl (C=O) groups is 2. The number of piperidine rings is 1. The summed E-state index contributed by atoms with van der Waals surface area (Å²) >= 11 is 0. The number of amides is 2. The highest BCUT2D eigenvalue weighted by atomic mass is 19.1. The summed E-state index contributed by atoms with van der Waals surface area (Å²) in [6.45, 7) is 3.23. The van der Waals surface area contributed by atoms with Crippen LogP contribution in [0.1, 0.15) is 34.3 Å². The SMILES string of the molecule is Cc1ccc(CNC(=O)C2CCN(C(=O)c3ccc(F)cc3F)CC2)cc1. The maximum atomic E-state index is 13.8. The van der Waals surface area contributed by atoms with Crippen LogP contribution in [0.15, 0.2) is 42.5 Å². The summed E-state index contributed by atoms with van der Waals surface area (Å²) in [5.74, 6) is -2.25. The summed E-state index contributed by atoms with van der Waals surface area (Å²) in [6, 6.07) is 10.9. The first-order valence-corrected chi connectivity index (χ1v) is 9.01. The average molecular weight is 372 g/mol. The van der Waals surface area contributed by atoms with E-state index in [0.29, 0.717) is 38.5 Å². The van der Waals surface area contributed by atoms with Gasteiger partial charge in [0.15, 0.2) is 0 Å². The quantitative estimate of drug-likeness (QED) is 0.894. The first-order valence-electron chi connectivity index (χ1n) is 9.01. The highest BCUT2D eigenvalue weighted by Crippen LogP contribution is 2.21. The third-order valence-corrected chi connectivity index (χ3v) is 4.90. The molecule has 0 saturated carbocycles. The Morgan fingerprint density at radius 2 is 1.74 bits per heavy atom. The van der Waals surface area contributed by atoms with Gasteiger partial charge in [-0.05, 0) is 37.5 Å². The largest absolute Gasteiger partial charge is 0.352 e. The number of rotatable bonds is 4. The van der Waals surface area contributed by atoms with Crippen LogP contribution < -0.4 is 5.32 Å². The molecule has 0 unspecified atom stereocenters. The Morgan fingerprint density at radius 1 is 1.07 bits per heavy atom. The molecular weight excluding hydrogens is 350 g/mol. The number of hydrogen-bond acceptors (Lipinski definition) is 2. The van der Waals surface area contributed by atoms with Gasteiger partial charge in [0.05, 0.1) is 5.56 Å². The van der Waals surface area contributed by atoms with Crippen molar-refractivity contribution in [3.05, 3.63) is 70.8 Å². The second-order valence-electron chi connectivity index (χ2n) is 6.89. The highest BCUT2D eigenvalue weighted by Gasteiger charge is 2.28. The fourth-order valence-electron chi connectivity index (χ4n) is 3.22. The predicted octanol–water partition coefficient (Wildman–Crippen LogP) is 3.44. The second kappa shape index (κ2) is 8.29. The van der Waals surface area contributed by atoms with Crippen molar-refractivity contribution in [3.8, 4) is 0 Å². The van der Waals surface area contributed by atoms with Gasteiger partial charge >= 0.3 is 0 Å². The van der Waals surface area contributed by atoms with Crippen molar-refractivity contribution in [2.75, 3.05) is 13.1 Å². The van der Waals surface area contributed by atoms with Crippen molar-refractivity contribution in [1.29, 1.82) is 0 Å². The number of halogens is 2. The topological polar surface area (TPSA) is 49.4 Å². The summed E-state index contributed by atoms with van der Waals surface area (Å²) in [5.41, 5.74) is 2.06. The van der Waals surface area contributed by atoms with E-state index in [1.54, 1.807) is 0 Å². The van der Waals surface area contributed by atoms with E-state index in [1.807, 2.05) is 31.2 Å². The standard InChI is InChI=1S/C21H22F2N2O2/c1-14-2-4-15(5-3-14)13-24-20(26)16-8-10-25(11-9-16)21(27)18-7-6-17(22)12-19(18)23/h2-7,12,16H,8-11,13H2,1H3,(H,24,26). The normalized spacial score (nSPS) is 14.9. The van der Waals surface area contributed by atoms with Crippen molar-refractivity contribution in [2.45, 2.75) is 26.3 Å². The monoisotopic (exact) mass is 372 g/mol. The molecule has 2 amide bonds. The number of nitrogens with zero attached hydrogens (tertiary/aromatic N) is 1. The average Bonchev–Trinajstić information content (AvgIpc) is 2.67. The zero-order valence-corrected chi connectivity index (χ0v) is 15.2. The van der Waals surface area contributed by atoms with Crippen LogP contribution in [0.25, 0.3) is 0 Å². The Kier molecular flexibility index (Phi) is 5.84. The van der Waals surface area contributed by atoms with Gasteiger partial charge in [0.2, 0.25) is 5.91 Å². The minimum Gasteiger partial charge on any atom is -0.352 e. The number of likely N-dealkylation sites (tertiary alicyclic amines) is 1. The van der Waals surface area contributed by atoms with E-state index in [-0.39, 0.29) is 17.4 Å². The summed E-state index contributed by atoms with van der Waals surface area (Å²) in [7, 11) is 0. The molecule has 3 rings (SSSR count). The predicted molar refractivity (Wildman–Crippen MR) is 98.0 cm³/mol. The Hall–Kier alpha value is -2.76. The second-order valence-corrected chi connectivity index (χ2v) is 6.89. The lowest BCUT2D eigenvalue weighted by Crippen LogP contribution is -2.43. The number of carbonyl (C=O) groups excluding carboxylic acids is 2. The van der Waals surface area contributed by atoms with Crippen LogP contribution in [0.5, 0.6) is 0 Å². The smallest absolute Gasteiger partial charge is 0.256 e. The zero-order valence-electron chi connectivity index (χ0n) is 15.2. The van der Waals surface area contributed by atoms with Crippen LogP contribution >= 0.6 is 0 Å². The van der Waals surface area contributed by atoms with Gasteiger partial charge in [-0.2, -0.15) is 0 Å². The van der Waals surface area contributed by atoms with Crippen molar-refractivity contribution in [3.63, 3.8) is 0 Å². The summed E-state index contributed by atoms with van der Waals surface area (Å²) in [6.07, 6.45) is 1.04. The molecule has 6 heteroatoms. The van der Waals surface area contributed by atoms with Gasteiger partial charge in [-0.25, -0.2) is 8.78 Å². The number of hydrogen-bond donors (Lipinski definition) is 1. The minimum absolute atomic E-state index is 0.0318. The van der Waals surface area contributed by atoms with E-state index in [9.17, 15) is 18.4 Å². The van der Waals surface area contributed by atoms with Crippen LogP contribution in [0.4, 0.5) is 8.78 Å². The fraction of sp³-hybridized carbons (Fsp3) is 0.333. The molecule has 1 N–H and O–H groups in total. The molecular formula is C21H22F2N2O2. The van der Waals surface area contributed by atoms with Crippen molar-refractivity contribution in [2.24, 2.45) is 5.92 Å². The Bertz CT molecular complexity index is 829. The van der Waals surface area contributed by atoms with Gasteiger partial charge in [0, 0.05) is 31.6 Å². The summed E-state index contributed by atoms with van der Waals surface area (Å²) in [5, 5.41) is 2.94. The summed E-state index contributed by atoms with van der Waals surface area (Å²) in [4.78, 5) is 26.3. The first-order chi connectivity index (χ1) is 12.9. The van der Waals surface area contributed by atoms with Crippen LogP contribution in [0.2, 0.25) is 0 Å². The number of aryl methyl sites for hydroxylation is 1. The van der Waals surface area contributed by atoms with E-state index in [2.05, 4.69) is 5.32 Å². The lowest BCUT2D eigenvalue weighted by atomic mass is 9.95. The zero-order chi connectivity index (χ0) is 19.4. The molecule has 0 aromatic heterocycles. The molecule has 1 heterocycles. The molecule has 2 aromatic rings. The molecule has 0 spiro atoms. The Balaban J connectivity index is 1.51. The molecule has 27 heavy (non-hydrogen) atoms. The Labute approximate surface area is 157 Å². The first kappa shape index (κ1) is 19.0. The fourth-order valence-corrected chi connectivity index (χ4v) is 3.22. The van der Waals surface area contributed by atoms with E-state index in [4.69, 9.17) is 0 Å². The summed E-state index contributed by atoms with van der Waals surface area (Å²) < 4.78 is 26.8. The van der Waals surface area contributed by atoms with E-state index < -0.39 is 17.5 Å². The van der Waals surface area contributed by atoms with Crippen LogP contribution in [-0.4, -0.2) is 29.8 Å². The molecule has 0 radical (unpaired) electrons. The van der Waals surface area contributed by atoms with Gasteiger partial charge in [-0.3, -0.25) is 9.59 Å². The number of benzene rings is 2. The lowest BCUT2D eigenvalue weighted by Gasteiger charge is -2.31. The Morgan fingerprint density at radius 3 is 2.37 bits per heavy atom. The maximum Gasteiger partial charge on any atom is 0.256 e. The highest BCUT2D eigenvalue weighted by molar-refractivity contribution is 5.94. The molecule has 1 fully saturated rings. The number of nitrogens with one attached hydrogen (secondary N) is 1. The lowest BCUT2D eigenvalue weighted by molar-refractivity contribution is -0.126. The van der Waals surface area contributed by atoms with Gasteiger partial charge in [0.1, 0.15) is 11.6 Å². The van der Waals surface area contributed by atoms with Crippen LogP contribution in [0.3, 0.4) is 0 Å². The molecule has 1 aliphatic rings. The van der Waals surface area contributed by atoms with Gasteiger partial charge in [-0.15, -0.1) is 0 Å². The van der Waals surface area contributed by atoms with Crippen molar-refractivity contribution < 1.29 is 18.4 Å². The molecule has 0 atom stereocenters. The third kappa shape index (κ3) is 4.70. The third-order valence-electron chi connectivity index (χ3n) is 4.90. The molecule has 1 saturated heterocycles. The van der Waals surface area contributed by atoms with E-state index in [0.717, 1.165) is 17.7 Å². The molecule has 4 nitrogen and oxygen atoms in total. The molecule has 0 aliphatic carbocycles.